The summed E-state index contributed by atoms with van der Waals surface area (Å²) in [5.74, 6) is 4.65. The number of hydrogen-bond donors (Lipinski definition) is 3. The maximum atomic E-state index is 12.6. The number of hydrogen-bond acceptors (Lipinski definition) is 5. The number of nitrogen functional groups attached to an aromatic ring is 1. The van der Waals surface area contributed by atoms with Crippen molar-refractivity contribution in [3.8, 4) is 0 Å². The second-order valence-corrected chi connectivity index (χ2v) is 4.83. The molecule has 1 aromatic rings. The molecular formula is C11H16F3N5. The van der Waals surface area contributed by atoms with Gasteiger partial charge in [0.15, 0.2) is 0 Å². The highest BCUT2D eigenvalue weighted by molar-refractivity contribution is 5.47. The van der Waals surface area contributed by atoms with Crippen molar-refractivity contribution < 1.29 is 13.2 Å². The molecule has 1 aliphatic carbocycles. The van der Waals surface area contributed by atoms with Gasteiger partial charge in [-0.05, 0) is 19.3 Å². The van der Waals surface area contributed by atoms with Crippen molar-refractivity contribution >= 4 is 11.6 Å². The van der Waals surface area contributed by atoms with E-state index >= 15 is 0 Å². The minimum absolute atomic E-state index is 0.0640. The van der Waals surface area contributed by atoms with Gasteiger partial charge in [-0.25, -0.2) is 15.8 Å². The van der Waals surface area contributed by atoms with Crippen LogP contribution in [-0.4, -0.2) is 16.0 Å². The average Bonchev–Trinajstić information content (AvgIpc) is 3.11. The van der Waals surface area contributed by atoms with Crippen LogP contribution in [0.5, 0.6) is 0 Å². The van der Waals surface area contributed by atoms with Crippen LogP contribution < -0.4 is 16.6 Å². The zero-order chi connectivity index (χ0) is 14.0. The van der Waals surface area contributed by atoms with Gasteiger partial charge in [0.1, 0.15) is 11.6 Å². The Morgan fingerprint density at radius 3 is 2.53 bits per heavy atom. The Labute approximate surface area is 108 Å². The number of nitrogens with two attached hydrogens (primary N) is 1. The van der Waals surface area contributed by atoms with Crippen LogP contribution in [0.25, 0.3) is 0 Å². The van der Waals surface area contributed by atoms with E-state index < -0.39 is 12.0 Å². The molecule has 1 aromatic heterocycles. The number of nitrogens with zero attached hydrogens (tertiary/aromatic N) is 2. The minimum Gasteiger partial charge on any atom is -0.367 e. The number of alkyl halides is 3. The summed E-state index contributed by atoms with van der Waals surface area (Å²) in [4.78, 5) is 6.77. The Bertz CT molecular complexity index is 444. The van der Waals surface area contributed by atoms with E-state index in [1.165, 1.54) is 18.9 Å². The first kappa shape index (κ1) is 13.9. The highest BCUT2D eigenvalue weighted by Crippen LogP contribution is 2.34. The Kier molecular flexibility index (Phi) is 3.79. The van der Waals surface area contributed by atoms with Crippen molar-refractivity contribution in [1.29, 1.82) is 0 Å². The molecule has 1 aliphatic rings. The van der Waals surface area contributed by atoms with Crippen LogP contribution in [0.4, 0.5) is 24.8 Å². The number of hydrazine groups is 1. The van der Waals surface area contributed by atoms with Gasteiger partial charge in [-0.1, -0.05) is 12.8 Å². The molecule has 5 nitrogen and oxygen atoms in total. The molecule has 2 rings (SSSR count). The lowest BCUT2D eigenvalue weighted by Gasteiger charge is -2.16. The lowest BCUT2D eigenvalue weighted by molar-refractivity contribution is -0.144. The molecule has 0 aromatic carbocycles. The Morgan fingerprint density at radius 1 is 1.37 bits per heavy atom. The van der Waals surface area contributed by atoms with Crippen LogP contribution in [0, 0.1) is 5.92 Å². The van der Waals surface area contributed by atoms with Crippen LogP contribution in [0.3, 0.4) is 0 Å². The fourth-order valence-corrected chi connectivity index (χ4v) is 1.89. The van der Waals surface area contributed by atoms with Gasteiger partial charge in [0.05, 0.1) is 0 Å². The second-order valence-electron chi connectivity index (χ2n) is 4.83. The van der Waals surface area contributed by atoms with Gasteiger partial charge < -0.3 is 10.7 Å². The molecule has 1 heterocycles. The lowest BCUT2D eigenvalue weighted by Crippen LogP contribution is -2.21. The van der Waals surface area contributed by atoms with E-state index in [0.29, 0.717) is 5.92 Å². The summed E-state index contributed by atoms with van der Waals surface area (Å²) in [5, 5.41) is 2.95. The highest BCUT2D eigenvalue weighted by atomic mass is 19.4. The summed E-state index contributed by atoms with van der Waals surface area (Å²) in [5.41, 5.74) is 2.12. The van der Waals surface area contributed by atoms with Crippen molar-refractivity contribution in [1.82, 2.24) is 9.97 Å². The summed E-state index contributed by atoms with van der Waals surface area (Å²) < 4.78 is 37.9. The van der Waals surface area contributed by atoms with Gasteiger partial charge in [-0.15, -0.1) is 0 Å². The quantitative estimate of drug-likeness (QED) is 0.568. The predicted molar refractivity (Wildman–Crippen MR) is 65.3 cm³/mol. The van der Waals surface area contributed by atoms with Crippen molar-refractivity contribution in [2.24, 2.45) is 11.8 Å². The fourth-order valence-electron chi connectivity index (χ4n) is 1.89. The Hall–Kier alpha value is -1.57. The van der Waals surface area contributed by atoms with Crippen LogP contribution in [0.1, 0.15) is 32.0 Å². The smallest absolute Gasteiger partial charge is 0.367 e. The molecule has 1 unspecified atom stereocenters. The highest BCUT2D eigenvalue weighted by Gasteiger charge is 2.35. The summed E-state index contributed by atoms with van der Waals surface area (Å²) in [7, 11) is 0. The lowest BCUT2D eigenvalue weighted by atomic mass is 10.1. The van der Waals surface area contributed by atoms with E-state index in [1.807, 2.05) is 6.92 Å². The third-order valence-corrected chi connectivity index (χ3v) is 2.91. The minimum atomic E-state index is -4.59. The molecule has 4 N–H and O–H groups in total. The molecule has 0 amide bonds. The monoisotopic (exact) mass is 275 g/mol. The van der Waals surface area contributed by atoms with Crippen molar-refractivity contribution in [3.05, 3.63) is 11.9 Å². The summed E-state index contributed by atoms with van der Waals surface area (Å²) in [6, 6.07) is 1.42. The normalized spacial score (nSPS) is 17.1. The third-order valence-electron chi connectivity index (χ3n) is 2.91. The van der Waals surface area contributed by atoms with Gasteiger partial charge in [0, 0.05) is 12.1 Å². The topological polar surface area (TPSA) is 75.9 Å². The molecule has 0 spiro atoms. The third kappa shape index (κ3) is 3.95. The van der Waals surface area contributed by atoms with E-state index in [2.05, 4.69) is 20.7 Å². The largest absolute Gasteiger partial charge is 0.451 e. The van der Waals surface area contributed by atoms with E-state index in [0.717, 1.165) is 6.42 Å². The maximum Gasteiger partial charge on any atom is 0.451 e. The molecule has 19 heavy (non-hydrogen) atoms. The molecule has 0 radical (unpaired) electrons. The molecule has 1 fully saturated rings. The van der Waals surface area contributed by atoms with Gasteiger partial charge in [0.25, 0.3) is 0 Å². The molecule has 0 bridgehead atoms. The Morgan fingerprint density at radius 2 is 2.00 bits per heavy atom. The first-order valence-electron chi connectivity index (χ1n) is 6.08. The number of anilines is 2. The van der Waals surface area contributed by atoms with Gasteiger partial charge in [-0.2, -0.15) is 13.2 Å². The molecule has 106 valence electrons. The number of halogens is 3. The fraction of sp³-hybridized carbons (Fsp3) is 0.636. The van der Waals surface area contributed by atoms with Crippen LogP contribution >= 0.6 is 0 Å². The van der Waals surface area contributed by atoms with E-state index in [1.54, 1.807) is 0 Å². The Balaban J connectivity index is 2.13. The van der Waals surface area contributed by atoms with E-state index in [9.17, 15) is 13.2 Å². The summed E-state index contributed by atoms with van der Waals surface area (Å²) in [6.45, 7) is 1.92. The number of aromatic nitrogens is 2. The van der Waals surface area contributed by atoms with Crippen LogP contribution in [0.15, 0.2) is 6.07 Å². The second kappa shape index (κ2) is 5.20. The summed E-state index contributed by atoms with van der Waals surface area (Å²) >= 11 is 0. The molecular weight excluding hydrogens is 259 g/mol. The number of rotatable bonds is 5. The van der Waals surface area contributed by atoms with Crippen LogP contribution in [0.2, 0.25) is 0 Å². The zero-order valence-electron chi connectivity index (χ0n) is 10.5. The molecule has 1 saturated carbocycles. The van der Waals surface area contributed by atoms with Crippen molar-refractivity contribution in [3.63, 3.8) is 0 Å². The molecule has 0 aliphatic heterocycles. The first-order chi connectivity index (χ1) is 8.88. The standard InChI is InChI=1S/C11H16F3N5/c1-6(4-7-2-3-7)16-8-5-9(19-15)18-10(17-8)11(12,13)14/h5-7H,2-4,15H2,1H3,(H2,16,17,18,19). The molecule has 8 heteroatoms. The predicted octanol–water partition coefficient (Wildman–Crippen LogP) is 2.38. The van der Waals surface area contributed by atoms with Gasteiger partial charge in [-0.3, -0.25) is 0 Å². The molecule has 1 atom stereocenters. The SMILES string of the molecule is CC(CC1CC1)Nc1cc(NN)nc(C(F)(F)F)n1. The maximum absolute atomic E-state index is 12.6. The van der Waals surface area contributed by atoms with Crippen molar-refractivity contribution in [2.75, 3.05) is 10.7 Å². The van der Waals surface area contributed by atoms with Crippen molar-refractivity contribution in [2.45, 2.75) is 38.4 Å². The first-order valence-corrected chi connectivity index (χ1v) is 6.08. The summed E-state index contributed by atoms with van der Waals surface area (Å²) in [6.07, 6.45) is -1.28. The van der Waals surface area contributed by atoms with Gasteiger partial charge in [0.2, 0.25) is 5.82 Å². The van der Waals surface area contributed by atoms with Gasteiger partial charge >= 0.3 is 6.18 Å². The van der Waals surface area contributed by atoms with Crippen LogP contribution in [-0.2, 0) is 6.18 Å². The number of nitrogens with one attached hydrogen (secondary N) is 2. The molecule has 0 saturated heterocycles. The zero-order valence-corrected chi connectivity index (χ0v) is 10.5. The van der Waals surface area contributed by atoms with E-state index in [4.69, 9.17) is 5.84 Å². The average molecular weight is 275 g/mol. The van der Waals surface area contributed by atoms with E-state index in [-0.39, 0.29) is 17.7 Å².